The first-order valence-corrected chi connectivity index (χ1v) is 8.42. The zero-order chi connectivity index (χ0) is 19.1. The van der Waals surface area contributed by atoms with Crippen LogP contribution >= 0.6 is 0 Å². The number of methoxy groups -OCH3 is 1. The molecule has 1 aliphatic rings. The van der Waals surface area contributed by atoms with Crippen molar-refractivity contribution in [2.45, 2.75) is 39.5 Å². The second-order valence-corrected chi connectivity index (χ2v) is 7.28. The first-order chi connectivity index (χ1) is 12.2. The molecule has 138 valence electrons. The molecule has 0 atom stereocenters. The fourth-order valence-electron chi connectivity index (χ4n) is 3.12. The molecule has 0 aliphatic carbocycles. The molecule has 1 amide bonds. The smallest absolute Gasteiger partial charge is 0.411 e. The van der Waals surface area contributed by atoms with E-state index in [2.05, 4.69) is 4.74 Å². The summed E-state index contributed by atoms with van der Waals surface area (Å²) in [7, 11) is 1.18. The van der Waals surface area contributed by atoms with E-state index in [9.17, 15) is 14.4 Å². The van der Waals surface area contributed by atoms with E-state index in [0.29, 0.717) is 18.4 Å². The Morgan fingerprint density at radius 3 is 2.54 bits per heavy atom. The lowest BCUT2D eigenvalue weighted by atomic mass is 10.0. The van der Waals surface area contributed by atoms with Gasteiger partial charge in [-0.3, -0.25) is 9.69 Å². The molecule has 1 aromatic carbocycles. The van der Waals surface area contributed by atoms with Gasteiger partial charge in [0.15, 0.2) is 0 Å². The van der Waals surface area contributed by atoms with Crippen molar-refractivity contribution in [2.24, 2.45) is 0 Å². The van der Waals surface area contributed by atoms with Gasteiger partial charge < -0.3 is 14.0 Å². The summed E-state index contributed by atoms with van der Waals surface area (Å²) >= 11 is 0. The van der Waals surface area contributed by atoms with Crippen LogP contribution in [-0.4, -0.2) is 46.6 Å². The van der Waals surface area contributed by atoms with Crippen LogP contribution in [0.25, 0.3) is 10.9 Å². The molecule has 1 aromatic heterocycles. The number of Topliss-reactive ketones (excluding diaryl/α,β-unsaturated/α-hetero) is 1. The number of carbonyl (C=O) groups excluding carboxylic acids is 3. The van der Waals surface area contributed by atoms with Gasteiger partial charge in [-0.15, -0.1) is 0 Å². The Labute approximate surface area is 151 Å². The Bertz CT molecular complexity index is 891. The van der Waals surface area contributed by atoms with Crippen molar-refractivity contribution < 1.29 is 23.9 Å². The molecule has 1 aliphatic heterocycles. The zero-order valence-corrected chi connectivity index (χ0v) is 15.4. The Morgan fingerprint density at radius 2 is 1.88 bits per heavy atom. The number of ketones is 1. The SMILES string of the molecule is COC(=O)C(=O)c1cn2c3c(cccc13)CCN(C(=O)OC(C)(C)C)C2. The van der Waals surface area contributed by atoms with Crippen LogP contribution in [0.15, 0.2) is 24.4 Å². The topological polar surface area (TPSA) is 77.8 Å². The highest BCUT2D eigenvalue weighted by molar-refractivity contribution is 6.43. The molecule has 0 radical (unpaired) electrons. The summed E-state index contributed by atoms with van der Waals surface area (Å²) in [4.78, 5) is 38.1. The number of nitrogens with zero attached hydrogens (tertiary/aromatic N) is 2. The van der Waals surface area contributed by atoms with Gasteiger partial charge in [-0.1, -0.05) is 18.2 Å². The van der Waals surface area contributed by atoms with Crippen LogP contribution in [0.3, 0.4) is 0 Å². The second-order valence-electron chi connectivity index (χ2n) is 7.28. The zero-order valence-electron chi connectivity index (χ0n) is 15.4. The fourth-order valence-corrected chi connectivity index (χ4v) is 3.12. The number of carbonyl (C=O) groups is 3. The fraction of sp³-hybridized carbons (Fsp3) is 0.421. The van der Waals surface area contributed by atoms with Crippen molar-refractivity contribution in [1.82, 2.24) is 9.47 Å². The highest BCUT2D eigenvalue weighted by Gasteiger charge is 2.28. The largest absolute Gasteiger partial charge is 0.463 e. The van der Waals surface area contributed by atoms with E-state index in [1.807, 2.05) is 37.5 Å². The number of para-hydroxylation sites is 1. The number of aromatic nitrogens is 1. The molecule has 3 rings (SSSR count). The minimum absolute atomic E-state index is 0.247. The third-order valence-corrected chi connectivity index (χ3v) is 4.22. The average Bonchev–Trinajstić information content (AvgIpc) is 2.83. The van der Waals surface area contributed by atoms with Gasteiger partial charge >= 0.3 is 12.1 Å². The van der Waals surface area contributed by atoms with Crippen LogP contribution in [0, 0.1) is 0 Å². The Morgan fingerprint density at radius 1 is 1.15 bits per heavy atom. The molecular weight excluding hydrogens is 336 g/mol. The van der Waals surface area contributed by atoms with Gasteiger partial charge in [0.25, 0.3) is 5.78 Å². The first-order valence-electron chi connectivity index (χ1n) is 8.42. The quantitative estimate of drug-likeness (QED) is 0.469. The summed E-state index contributed by atoms with van der Waals surface area (Å²) in [5.41, 5.74) is 1.55. The number of ether oxygens (including phenoxy) is 2. The number of rotatable bonds is 2. The minimum Gasteiger partial charge on any atom is -0.463 e. The van der Waals surface area contributed by atoms with Gasteiger partial charge in [-0.2, -0.15) is 0 Å². The molecule has 2 aromatic rings. The number of benzene rings is 1. The van der Waals surface area contributed by atoms with Gasteiger partial charge in [0.05, 0.1) is 18.2 Å². The molecule has 2 heterocycles. The number of hydrogen-bond acceptors (Lipinski definition) is 5. The predicted molar refractivity (Wildman–Crippen MR) is 94.9 cm³/mol. The monoisotopic (exact) mass is 358 g/mol. The van der Waals surface area contributed by atoms with Crippen molar-refractivity contribution in [3.05, 3.63) is 35.5 Å². The van der Waals surface area contributed by atoms with Gasteiger partial charge in [-0.05, 0) is 32.8 Å². The molecule has 0 unspecified atom stereocenters. The van der Waals surface area contributed by atoms with E-state index in [-0.39, 0.29) is 12.2 Å². The van der Waals surface area contributed by atoms with Crippen molar-refractivity contribution in [1.29, 1.82) is 0 Å². The number of hydrogen-bond donors (Lipinski definition) is 0. The first kappa shape index (κ1) is 18.0. The van der Waals surface area contributed by atoms with E-state index >= 15 is 0 Å². The van der Waals surface area contributed by atoms with Crippen LogP contribution in [0.4, 0.5) is 4.79 Å². The Kier molecular flexibility index (Phi) is 4.48. The Balaban J connectivity index is 2.01. The standard InChI is InChI=1S/C19H22N2O5/c1-19(2,3)26-18(24)20-9-8-12-6-5-7-13-14(16(22)17(23)25-4)10-21(11-20)15(12)13/h5-7,10H,8-9,11H2,1-4H3. The van der Waals surface area contributed by atoms with Crippen LogP contribution in [0.1, 0.15) is 36.7 Å². The van der Waals surface area contributed by atoms with E-state index in [1.165, 1.54) is 7.11 Å². The highest BCUT2D eigenvalue weighted by Crippen LogP contribution is 2.29. The van der Waals surface area contributed by atoms with Gasteiger partial charge in [0.1, 0.15) is 12.3 Å². The maximum absolute atomic E-state index is 12.5. The summed E-state index contributed by atoms with van der Waals surface area (Å²) in [5.74, 6) is -1.60. The summed E-state index contributed by atoms with van der Waals surface area (Å²) < 4.78 is 11.8. The van der Waals surface area contributed by atoms with Crippen LogP contribution in [-0.2, 0) is 27.4 Å². The van der Waals surface area contributed by atoms with Crippen LogP contribution in [0.2, 0.25) is 0 Å². The predicted octanol–water partition coefficient (Wildman–Crippen LogP) is 2.75. The molecule has 26 heavy (non-hydrogen) atoms. The third-order valence-electron chi connectivity index (χ3n) is 4.22. The van der Waals surface area contributed by atoms with Crippen LogP contribution in [0.5, 0.6) is 0 Å². The van der Waals surface area contributed by atoms with E-state index in [4.69, 9.17) is 4.74 Å². The normalized spacial score (nSPS) is 14.1. The molecule has 0 saturated carbocycles. The lowest BCUT2D eigenvalue weighted by molar-refractivity contribution is -0.135. The molecular formula is C19H22N2O5. The van der Waals surface area contributed by atoms with Gasteiger partial charge in [0, 0.05) is 18.1 Å². The summed E-state index contributed by atoms with van der Waals surface area (Å²) in [6.45, 7) is 6.21. The highest BCUT2D eigenvalue weighted by atomic mass is 16.6. The van der Waals surface area contributed by atoms with E-state index in [0.717, 1.165) is 11.1 Å². The average molecular weight is 358 g/mol. The van der Waals surface area contributed by atoms with Gasteiger partial charge in [0.2, 0.25) is 0 Å². The van der Waals surface area contributed by atoms with E-state index < -0.39 is 23.4 Å². The number of esters is 1. The maximum Gasteiger partial charge on any atom is 0.411 e. The second kappa shape index (κ2) is 6.48. The molecule has 7 nitrogen and oxygen atoms in total. The molecule has 0 fully saturated rings. The summed E-state index contributed by atoms with van der Waals surface area (Å²) in [6.07, 6.45) is 1.83. The van der Waals surface area contributed by atoms with Crippen molar-refractivity contribution in [3.63, 3.8) is 0 Å². The molecule has 0 saturated heterocycles. The lowest BCUT2D eigenvalue weighted by Crippen LogP contribution is -2.38. The summed E-state index contributed by atoms with van der Waals surface area (Å²) in [6, 6.07) is 5.61. The number of amides is 1. The lowest BCUT2D eigenvalue weighted by Gasteiger charge is -2.26. The third kappa shape index (κ3) is 3.29. The molecule has 0 spiro atoms. The van der Waals surface area contributed by atoms with Crippen molar-refractivity contribution in [2.75, 3.05) is 13.7 Å². The van der Waals surface area contributed by atoms with E-state index in [1.54, 1.807) is 17.2 Å². The van der Waals surface area contributed by atoms with Gasteiger partial charge in [-0.25, -0.2) is 9.59 Å². The molecule has 7 heteroatoms. The van der Waals surface area contributed by atoms with Crippen molar-refractivity contribution >= 4 is 28.7 Å². The van der Waals surface area contributed by atoms with Crippen molar-refractivity contribution in [3.8, 4) is 0 Å². The Hall–Kier alpha value is -2.83. The maximum atomic E-state index is 12.5. The molecule has 0 bridgehead atoms. The van der Waals surface area contributed by atoms with Crippen LogP contribution < -0.4 is 0 Å². The minimum atomic E-state index is -0.907. The molecule has 0 N–H and O–H groups in total. The summed E-state index contributed by atoms with van der Waals surface area (Å²) in [5, 5.41) is 0.684.